The molecule has 0 aromatic carbocycles. The van der Waals surface area contributed by atoms with E-state index in [0.29, 0.717) is 25.7 Å². The molecule has 1 aliphatic rings. The Morgan fingerprint density at radius 3 is 1.19 bits per heavy atom. The molecular formula is C71H112O12. The van der Waals surface area contributed by atoms with Crippen LogP contribution in [0.25, 0.3) is 0 Å². The third-order valence-electron chi connectivity index (χ3n) is 13.7. The Morgan fingerprint density at radius 2 is 0.771 bits per heavy atom. The van der Waals surface area contributed by atoms with Crippen molar-refractivity contribution in [1.82, 2.24) is 0 Å². The highest BCUT2D eigenvalue weighted by Gasteiger charge is 2.50. The largest absolute Gasteiger partial charge is 0.479 e. The summed E-state index contributed by atoms with van der Waals surface area (Å²) in [5.41, 5.74) is 0. The van der Waals surface area contributed by atoms with Gasteiger partial charge in [-0.1, -0.05) is 225 Å². The Morgan fingerprint density at radius 1 is 0.410 bits per heavy atom. The first kappa shape index (κ1) is 75.9. The summed E-state index contributed by atoms with van der Waals surface area (Å²) in [6, 6.07) is 0. The van der Waals surface area contributed by atoms with Crippen LogP contribution in [-0.4, -0.2) is 89.2 Å². The smallest absolute Gasteiger partial charge is 0.335 e. The number of hydrogen-bond acceptors (Lipinski definition) is 11. The van der Waals surface area contributed by atoms with Crippen LogP contribution in [0.3, 0.4) is 0 Å². The Balaban J connectivity index is 2.72. The van der Waals surface area contributed by atoms with Gasteiger partial charge in [0.2, 0.25) is 0 Å². The van der Waals surface area contributed by atoms with Crippen molar-refractivity contribution in [3.63, 3.8) is 0 Å². The summed E-state index contributed by atoms with van der Waals surface area (Å²) in [5, 5.41) is 31.6. The van der Waals surface area contributed by atoms with Crippen LogP contribution >= 0.6 is 0 Å². The first-order chi connectivity index (χ1) is 40.6. The van der Waals surface area contributed by atoms with E-state index >= 15 is 0 Å². The van der Waals surface area contributed by atoms with E-state index in [-0.39, 0.29) is 25.9 Å². The maximum absolute atomic E-state index is 13.2. The maximum Gasteiger partial charge on any atom is 0.335 e. The van der Waals surface area contributed by atoms with Crippen LogP contribution in [0, 0.1) is 0 Å². The number of unbranched alkanes of at least 4 members (excludes halogenated alkanes) is 17. The molecule has 0 aliphatic carbocycles. The molecule has 1 heterocycles. The van der Waals surface area contributed by atoms with Crippen LogP contribution in [0.1, 0.15) is 239 Å². The van der Waals surface area contributed by atoms with E-state index in [0.717, 1.165) is 116 Å². The number of hydrogen-bond donors (Lipinski definition) is 3. The molecule has 1 saturated heterocycles. The number of carbonyl (C=O) groups is 4. The third-order valence-corrected chi connectivity index (χ3v) is 13.7. The fourth-order valence-corrected chi connectivity index (χ4v) is 8.84. The first-order valence-electron chi connectivity index (χ1n) is 32.2. The van der Waals surface area contributed by atoms with E-state index < -0.39 is 67.3 Å². The molecule has 0 bridgehead atoms. The predicted molar refractivity (Wildman–Crippen MR) is 340 cm³/mol. The van der Waals surface area contributed by atoms with Crippen molar-refractivity contribution >= 4 is 23.9 Å². The van der Waals surface area contributed by atoms with Crippen molar-refractivity contribution in [1.29, 1.82) is 0 Å². The molecule has 0 spiro atoms. The van der Waals surface area contributed by atoms with Gasteiger partial charge in [0.1, 0.15) is 18.8 Å². The number of allylic oxidation sites excluding steroid dienone is 22. The Hall–Kier alpha value is -5.14. The highest BCUT2D eigenvalue weighted by Crippen LogP contribution is 2.26. The molecule has 12 heteroatoms. The van der Waals surface area contributed by atoms with Crippen LogP contribution in [0.15, 0.2) is 134 Å². The van der Waals surface area contributed by atoms with E-state index in [4.69, 9.17) is 23.7 Å². The van der Waals surface area contributed by atoms with E-state index in [2.05, 4.69) is 142 Å². The minimum Gasteiger partial charge on any atom is -0.479 e. The van der Waals surface area contributed by atoms with Crippen molar-refractivity contribution < 1.29 is 58.2 Å². The van der Waals surface area contributed by atoms with Crippen molar-refractivity contribution in [2.75, 3.05) is 13.2 Å². The lowest BCUT2D eigenvalue weighted by Gasteiger charge is -2.40. The maximum atomic E-state index is 13.2. The van der Waals surface area contributed by atoms with E-state index in [9.17, 15) is 34.5 Å². The van der Waals surface area contributed by atoms with Gasteiger partial charge < -0.3 is 39.0 Å². The predicted octanol–water partition coefficient (Wildman–Crippen LogP) is 17.3. The molecule has 0 radical (unpaired) electrons. The molecule has 1 aliphatic heterocycles. The molecule has 0 aromatic heterocycles. The van der Waals surface area contributed by atoms with Gasteiger partial charge in [0.05, 0.1) is 6.61 Å². The van der Waals surface area contributed by atoms with Gasteiger partial charge in [0.25, 0.3) is 0 Å². The van der Waals surface area contributed by atoms with Gasteiger partial charge in [-0.25, -0.2) is 4.79 Å². The van der Waals surface area contributed by atoms with Crippen LogP contribution in [0.4, 0.5) is 0 Å². The number of carbonyl (C=O) groups excluding carboxylic acids is 3. The van der Waals surface area contributed by atoms with Crippen LogP contribution < -0.4 is 0 Å². The SMILES string of the molecule is CC/C=C\C/C=C\C/C=C\C/C=C\C/C=C\CCCC(=O)OC(COC(=O)CCCCCCCCCCC/C=C\C/C=C\CCCCC)COC1OC(C(=O)O)C(O)C(O)C1OC(=O)CCCCCC/C=C\C/C=C\C/C=C\C/C=C\CC. The zero-order chi connectivity index (χ0) is 60.3. The Bertz CT molecular complexity index is 1950. The van der Waals surface area contributed by atoms with Crippen LogP contribution in [-0.2, 0) is 42.9 Å². The highest BCUT2D eigenvalue weighted by molar-refractivity contribution is 5.74. The van der Waals surface area contributed by atoms with Crippen LogP contribution in [0.2, 0.25) is 0 Å². The molecular weight excluding hydrogens is 1040 g/mol. The number of ether oxygens (including phenoxy) is 5. The lowest BCUT2D eigenvalue weighted by Crippen LogP contribution is -2.61. The Kier molecular flexibility index (Phi) is 52.4. The highest BCUT2D eigenvalue weighted by atomic mass is 16.7. The van der Waals surface area contributed by atoms with E-state index in [1.807, 2.05) is 12.2 Å². The second-order valence-corrected chi connectivity index (χ2v) is 21.3. The quantitative estimate of drug-likeness (QED) is 0.0228. The molecule has 468 valence electrons. The normalized spacial score (nSPS) is 18.5. The molecule has 1 rings (SSSR count). The minimum absolute atomic E-state index is 0.0183. The molecule has 6 atom stereocenters. The molecule has 12 nitrogen and oxygen atoms in total. The summed E-state index contributed by atoms with van der Waals surface area (Å²) in [7, 11) is 0. The molecule has 1 fully saturated rings. The number of aliphatic carboxylic acids is 1. The van der Waals surface area contributed by atoms with Crippen molar-refractivity contribution in [3.8, 4) is 0 Å². The number of esters is 3. The van der Waals surface area contributed by atoms with Gasteiger partial charge in [-0.15, -0.1) is 0 Å². The zero-order valence-electron chi connectivity index (χ0n) is 51.6. The van der Waals surface area contributed by atoms with Crippen LogP contribution in [0.5, 0.6) is 0 Å². The molecule has 3 N–H and O–H groups in total. The summed E-state index contributed by atoms with van der Waals surface area (Å²) in [6.45, 7) is 5.69. The summed E-state index contributed by atoms with van der Waals surface area (Å²) in [4.78, 5) is 51.3. The van der Waals surface area contributed by atoms with Gasteiger partial charge in [-0.3, -0.25) is 14.4 Å². The molecule has 0 aromatic rings. The van der Waals surface area contributed by atoms with Gasteiger partial charge in [-0.05, 0) is 128 Å². The molecule has 6 unspecified atom stereocenters. The minimum atomic E-state index is -1.93. The average Bonchev–Trinajstić information content (AvgIpc) is 3.59. The second-order valence-electron chi connectivity index (χ2n) is 21.3. The van der Waals surface area contributed by atoms with E-state index in [1.165, 1.54) is 57.8 Å². The van der Waals surface area contributed by atoms with Crippen molar-refractivity contribution in [2.24, 2.45) is 0 Å². The third kappa shape index (κ3) is 46.9. The first-order valence-corrected chi connectivity index (χ1v) is 32.2. The van der Waals surface area contributed by atoms with Crippen molar-refractivity contribution in [2.45, 2.75) is 276 Å². The van der Waals surface area contributed by atoms with E-state index in [1.54, 1.807) is 0 Å². The zero-order valence-corrected chi connectivity index (χ0v) is 51.6. The van der Waals surface area contributed by atoms with Gasteiger partial charge in [0, 0.05) is 19.3 Å². The summed E-state index contributed by atoms with van der Waals surface area (Å²) < 4.78 is 28.4. The number of carboxylic acid groups (broad SMARTS) is 1. The standard InChI is InChI=1S/C71H112O12/c1-4-7-10-13-16-19-22-25-28-31-32-35-36-39-42-45-48-51-54-57-63(72)79-60-62(81-64(73)58-55-52-49-46-43-40-37-33-29-26-23-20-17-14-11-8-5-2)61-80-71-69(67(76)66(75)68(83-71)70(77)78)82-65(74)59-56-53-50-47-44-41-38-34-30-27-24-21-18-15-12-9-6-3/h8-9,11-12,16-21,25-30,37-38,40-41,46,49,62,66-69,71,75-76H,4-7,10,13-15,22-24,31-36,39,42-45,47-48,50-61H2,1-3H3,(H,77,78)/b11-8-,12-9-,19-16-,20-17-,21-18-,28-25-,29-26-,30-27-,40-37-,41-38-,49-46-. The van der Waals surface area contributed by atoms with Gasteiger partial charge >= 0.3 is 23.9 Å². The fourth-order valence-electron chi connectivity index (χ4n) is 8.84. The number of rotatable bonds is 53. The second kappa shape index (κ2) is 57.3. The summed E-state index contributed by atoms with van der Waals surface area (Å²) >= 11 is 0. The molecule has 0 amide bonds. The lowest BCUT2D eigenvalue weighted by atomic mass is 9.98. The number of carboxylic acids is 1. The summed E-state index contributed by atoms with van der Waals surface area (Å²) in [5.74, 6) is -3.25. The van der Waals surface area contributed by atoms with Gasteiger partial charge in [-0.2, -0.15) is 0 Å². The fraction of sp³-hybridized carbons (Fsp3) is 0.634. The molecule has 83 heavy (non-hydrogen) atoms. The van der Waals surface area contributed by atoms with Crippen molar-refractivity contribution in [3.05, 3.63) is 134 Å². The number of aliphatic hydroxyl groups excluding tert-OH is 2. The summed E-state index contributed by atoms with van der Waals surface area (Å²) in [6.07, 6.45) is 68.4. The Labute approximate surface area is 502 Å². The topological polar surface area (TPSA) is 175 Å². The molecule has 0 saturated carbocycles. The number of aliphatic hydroxyl groups is 2. The van der Waals surface area contributed by atoms with Gasteiger partial charge in [0.15, 0.2) is 24.6 Å². The lowest BCUT2D eigenvalue weighted by molar-refractivity contribution is -0.301. The monoisotopic (exact) mass is 1160 g/mol. The average molecular weight is 1160 g/mol.